The number of rotatable bonds is 4. The molecule has 1 saturated heterocycles. The van der Waals surface area contributed by atoms with E-state index in [0.717, 1.165) is 0 Å². The van der Waals surface area contributed by atoms with E-state index in [1.807, 2.05) is 11.0 Å². The van der Waals surface area contributed by atoms with E-state index in [4.69, 9.17) is 23.6 Å². The molecule has 2 unspecified atom stereocenters. The molecule has 1 N–H and O–H groups in total. The molecule has 8 heteroatoms. The largest absolute Gasteiger partial charge is 0.333 e. The Morgan fingerprint density at radius 2 is 1.30 bits per heavy atom. The summed E-state index contributed by atoms with van der Waals surface area (Å²) in [6.45, 7) is 13.0. The molecule has 0 aliphatic carbocycles. The zero-order chi connectivity index (χ0) is 20.1. The van der Waals surface area contributed by atoms with Gasteiger partial charge in [-0.15, -0.1) is 0 Å². The Morgan fingerprint density at radius 3 is 1.74 bits per heavy atom. The van der Waals surface area contributed by atoms with Crippen LogP contribution in [-0.2, 0) is 23.6 Å². The van der Waals surface area contributed by atoms with Crippen LogP contribution in [-0.4, -0.2) is 6.26 Å². The molecular formula is C19H26N2P2S4. The third kappa shape index (κ3) is 3.91. The van der Waals surface area contributed by atoms with Gasteiger partial charge in [-0.3, -0.25) is 4.44 Å². The van der Waals surface area contributed by atoms with Crippen LogP contribution in [0, 0.1) is 41.5 Å². The molecular weight excluding hydrogens is 446 g/mol. The molecule has 2 atom stereocenters. The van der Waals surface area contributed by atoms with Gasteiger partial charge in [-0.2, -0.15) is 0 Å². The maximum absolute atomic E-state index is 6.27. The van der Waals surface area contributed by atoms with Crippen molar-refractivity contribution in [2.75, 3.05) is 15.8 Å². The molecule has 27 heavy (non-hydrogen) atoms. The van der Waals surface area contributed by atoms with Crippen molar-refractivity contribution in [1.29, 1.82) is 0 Å². The van der Waals surface area contributed by atoms with Crippen molar-refractivity contribution in [1.82, 2.24) is 0 Å². The van der Waals surface area contributed by atoms with E-state index < -0.39 is 10.1 Å². The fraction of sp³-hybridized carbons (Fsp3) is 0.368. The maximum atomic E-state index is 6.27. The first-order valence-corrected chi connectivity index (χ1v) is 18.1. The van der Waals surface area contributed by atoms with E-state index in [-0.39, 0.29) is 0 Å². The summed E-state index contributed by atoms with van der Waals surface area (Å²) in [6, 6.07) is 8.93. The quantitative estimate of drug-likeness (QED) is 0.450. The molecule has 0 radical (unpaired) electrons. The zero-order valence-corrected chi connectivity index (χ0v) is 21.8. The highest BCUT2D eigenvalue weighted by Gasteiger charge is 2.52. The van der Waals surface area contributed by atoms with Gasteiger partial charge in [0.25, 0.3) is 0 Å². The molecule has 1 aliphatic heterocycles. The van der Waals surface area contributed by atoms with Crippen molar-refractivity contribution in [3.8, 4) is 0 Å². The molecule has 1 heterocycles. The van der Waals surface area contributed by atoms with Gasteiger partial charge in [-0.1, -0.05) is 58.6 Å². The number of hydrogen-bond acceptors (Lipinski definition) is 4. The molecule has 1 fully saturated rings. The van der Waals surface area contributed by atoms with Gasteiger partial charge in [0, 0.05) is 5.69 Å². The van der Waals surface area contributed by atoms with Crippen LogP contribution in [0.25, 0.3) is 0 Å². The molecule has 146 valence electrons. The van der Waals surface area contributed by atoms with Crippen LogP contribution < -0.4 is 9.53 Å². The molecule has 0 aromatic heterocycles. The van der Waals surface area contributed by atoms with Crippen LogP contribution in [0.1, 0.15) is 33.4 Å². The summed E-state index contributed by atoms with van der Waals surface area (Å²) in [5, 5.41) is 3.79. The van der Waals surface area contributed by atoms with Gasteiger partial charge < -0.3 is 5.09 Å². The summed E-state index contributed by atoms with van der Waals surface area (Å²) in [7, 11) is 0. The monoisotopic (exact) mass is 472 g/mol. The molecule has 0 saturated carbocycles. The molecule has 2 aromatic carbocycles. The van der Waals surface area contributed by atoms with Crippen molar-refractivity contribution in [3.05, 3.63) is 57.6 Å². The fourth-order valence-corrected chi connectivity index (χ4v) is 34.6. The summed E-state index contributed by atoms with van der Waals surface area (Å²) >= 11 is 16.0. The zero-order valence-electron chi connectivity index (χ0n) is 16.8. The van der Waals surface area contributed by atoms with Crippen molar-refractivity contribution >= 4 is 67.5 Å². The molecule has 0 amide bonds. The van der Waals surface area contributed by atoms with E-state index in [1.165, 1.54) is 44.8 Å². The Bertz CT molecular complexity index is 973. The van der Waals surface area contributed by atoms with E-state index in [1.54, 1.807) is 11.4 Å². The van der Waals surface area contributed by atoms with Crippen LogP contribution in [0.2, 0.25) is 0 Å². The first-order chi connectivity index (χ1) is 12.5. The van der Waals surface area contributed by atoms with Gasteiger partial charge in [0.1, 0.15) is 0 Å². The van der Waals surface area contributed by atoms with Crippen LogP contribution in [0.3, 0.4) is 0 Å². The Kier molecular flexibility index (Phi) is 6.20. The minimum Gasteiger partial charge on any atom is -0.333 e. The molecule has 0 spiro atoms. The Hall–Kier alpha value is 0.0400. The lowest BCUT2D eigenvalue weighted by molar-refractivity contribution is 1.30. The average Bonchev–Trinajstić information content (AvgIpc) is 2.53. The minimum atomic E-state index is -2.07. The van der Waals surface area contributed by atoms with Gasteiger partial charge in [-0.05, 0) is 92.9 Å². The van der Waals surface area contributed by atoms with Gasteiger partial charge >= 0.3 is 0 Å². The lowest BCUT2D eigenvalue weighted by atomic mass is 10.1. The summed E-state index contributed by atoms with van der Waals surface area (Å²) in [6.07, 6.45) is 2.13. The standard InChI is InChI=1S/C19H26N2P2S4/c1-12-8-14(3)18(15(4)9-12)20-22(24)21(23(25,26-7)27-22)19-16(5)10-13(2)11-17(19)6/h8-11H,1-7H3,(H,20,24). The van der Waals surface area contributed by atoms with E-state index in [9.17, 15) is 0 Å². The summed E-state index contributed by atoms with van der Waals surface area (Å²) in [5.41, 5.74) is 7.95. The van der Waals surface area contributed by atoms with E-state index in [0.29, 0.717) is 0 Å². The number of anilines is 2. The van der Waals surface area contributed by atoms with Crippen LogP contribution in [0.15, 0.2) is 24.3 Å². The second-order valence-corrected chi connectivity index (χ2v) is 24.8. The third-order valence-corrected chi connectivity index (χ3v) is 28.5. The number of aryl methyl sites for hydroxylation is 6. The molecule has 3 rings (SSSR count). The van der Waals surface area contributed by atoms with Crippen LogP contribution in [0.5, 0.6) is 0 Å². The molecule has 0 bridgehead atoms. The predicted octanol–water partition coefficient (Wildman–Crippen LogP) is 8.01. The predicted molar refractivity (Wildman–Crippen MR) is 137 cm³/mol. The maximum Gasteiger partial charge on any atom is 0.189 e. The van der Waals surface area contributed by atoms with Gasteiger partial charge in [0.05, 0.1) is 5.69 Å². The highest BCUT2D eigenvalue weighted by Crippen LogP contribution is 2.99. The topological polar surface area (TPSA) is 15.3 Å². The Morgan fingerprint density at radius 1 is 0.852 bits per heavy atom. The smallest absolute Gasteiger partial charge is 0.189 e. The second-order valence-electron chi connectivity index (χ2n) is 7.18. The van der Waals surface area contributed by atoms with Crippen LogP contribution in [0.4, 0.5) is 11.4 Å². The van der Waals surface area contributed by atoms with E-state index >= 15 is 0 Å². The summed E-state index contributed by atoms with van der Waals surface area (Å²) in [5.74, 6) is 0. The minimum absolute atomic E-state index is 1.17. The van der Waals surface area contributed by atoms with Gasteiger partial charge in [0.15, 0.2) is 10.1 Å². The highest BCUT2D eigenvalue weighted by atomic mass is 33.4. The van der Waals surface area contributed by atoms with E-state index in [2.05, 4.69) is 81.6 Å². The number of hydrogen-bond donors (Lipinski definition) is 1. The van der Waals surface area contributed by atoms with Crippen molar-refractivity contribution in [2.45, 2.75) is 41.5 Å². The average molecular weight is 473 g/mol. The lowest BCUT2D eigenvalue weighted by Gasteiger charge is -2.53. The van der Waals surface area contributed by atoms with Crippen LogP contribution >= 0.6 is 32.5 Å². The SMILES string of the molecule is CSP1(=S)SP(=S)(Nc2c(C)cc(C)cc2C)N1c1c(C)cc(C)cc1C. The van der Waals surface area contributed by atoms with Gasteiger partial charge in [0.2, 0.25) is 0 Å². The fourth-order valence-electron chi connectivity index (χ4n) is 3.74. The lowest BCUT2D eigenvalue weighted by Crippen LogP contribution is -2.25. The Labute approximate surface area is 181 Å². The normalized spacial score (nSPS) is 24.6. The summed E-state index contributed by atoms with van der Waals surface area (Å²) in [4.78, 5) is 0. The number of nitrogens with zero attached hydrogens (tertiary/aromatic N) is 1. The highest BCUT2D eigenvalue weighted by molar-refractivity contribution is 9.22. The number of nitrogens with one attached hydrogen (secondary N) is 1. The first kappa shape index (κ1) is 21.7. The molecule has 2 nitrogen and oxygen atoms in total. The summed E-state index contributed by atoms with van der Waals surface area (Å²) < 4.78 is 0.643. The third-order valence-electron chi connectivity index (χ3n) is 4.69. The van der Waals surface area contributed by atoms with Crippen molar-refractivity contribution in [2.24, 2.45) is 0 Å². The second kappa shape index (κ2) is 7.70. The van der Waals surface area contributed by atoms with Crippen molar-refractivity contribution < 1.29 is 0 Å². The number of benzene rings is 2. The Balaban J connectivity index is 2.11. The molecule has 1 aliphatic rings. The van der Waals surface area contributed by atoms with Gasteiger partial charge in [-0.25, -0.2) is 0 Å². The molecule has 2 aromatic rings. The van der Waals surface area contributed by atoms with Crippen molar-refractivity contribution in [3.63, 3.8) is 0 Å². The first-order valence-electron chi connectivity index (χ1n) is 8.73.